The molecule has 1 saturated carbocycles. The summed E-state index contributed by atoms with van der Waals surface area (Å²) in [5.74, 6) is 3.44. The van der Waals surface area contributed by atoms with Crippen LogP contribution in [0.5, 0.6) is 11.5 Å². The molecule has 2 aromatic heterocycles. The molecule has 3 heterocycles. The van der Waals surface area contributed by atoms with Gasteiger partial charge in [0.25, 0.3) is 0 Å². The summed E-state index contributed by atoms with van der Waals surface area (Å²) in [4.78, 5) is 9.76. The molecular formula is C37H37N3O2Pt. The fourth-order valence-electron chi connectivity index (χ4n) is 6.43. The van der Waals surface area contributed by atoms with E-state index in [0.717, 1.165) is 33.4 Å². The van der Waals surface area contributed by atoms with E-state index >= 15 is 0 Å². The van der Waals surface area contributed by atoms with Gasteiger partial charge in [-0.25, -0.2) is 4.98 Å². The van der Waals surface area contributed by atoms with Crippen molar-refractivity contribution < 1.29 is 30.5 Å². The quantitative estimate of drug-likeness (QED) is 0.169. The van der Waals surface area contributed by atoms with Crippen LogP contribution >= 0.6 is 0 Å². The molecule has 3 aromatic carbocycles. The molecule has 6 heteroatoms. The summed E-state index contributed by atoms with van der Waals surface area (Å²) in [7, 11) is 0. The molecule has 1 fully saturated rings. The van der Waals surface area contributed by atoms with Crippen LogP contribution in [0.15, 0.2) is 65.8 Å². The topological polar surface area (TPSA) is 48.6 Å². The molecule has 0 saturated heterocycles. The van der Waals surface area contributed by atoms with Gasteiger partial charge in [-0.05, 0) is 60.2 Å². The molecule has 1 aliphatic carbocycles. The van der Waals surface area contributed by atoms with Crippen molar-refractivity contribution >= 4 is 27.7 Å². The van der Waals surface area contributed by atoms with Gasteiger partial charge >= 0.3 is 21.1 Å². The van der Waals surface area contributed by atoms with Crippen LogP contribution in [-0.2, 0) is 31.2 Å². The van der Waals surface area contributed by atoms with E-state index in [1.165, 1.54) is 42.2 Å². The summed E-state index contributed by atoms with van der Waals surface area (Å²) in [5.41, 5.74) is 6.41. The van der Waals surface area contributed by atoms with Gasteiger partial charge in [-0.15, -0.1) is 29.1 Å². The van der Waals surface area contributed by atoms with Crippen LogP contribution in [0.25, 0.3) is 27.6 Å². The fraction of sp³-hybridized carbons (Fsp3) is 0.351. The molecule has 5 nitrogen and oxygen atoms in total. The molecule has 222 valence electrons. The van der Waals surface area contributed by atoms with Crippen molar-refractivity contribution in [1.82, 2.24) is 9.55 Å². The molecule has 43 heavy (non-hydrogen) atoms. The van der Waals surface area contributed by atoms with Crippen LogP contribution in [0.3, 0.4) is 0 Å². The van der Waals surface area contributed by atoms with Crippen LogP contribution < -0.4 is 4.74 Å². The number of hydrogen-bond acceptors (Lipinski definition) is 4. The first-order valence-corrected chi connectivity index (χ1v) is 15.1. The minimum absolute atomic E-state index is 0. The maximum Gasteiger partial charge on any atom is 2.00 e. The summed E-state index contributed by atoms with van der Waals surface area (Å²) >= 11 is 0. The number of hydrogen-bond donors (Lipinski definition) is 0. The minimum atomic E-state index is 0. The van der Waals surface area contributed by atoms with Crippen molar-refractivity contribution in [3.8, 4) is 17.3 Å². The zero-order chi connectivity index (χ0) is 29.0. The van der Waals surface area contributed by atoms with Gasteiger partial charge in [0, 0.05) is 23.2 Å². The number of aryl methyl sites for hydroxylation is 2. The van der Waals surface area contributed by atoms with E-state index in [0.29, 0.717) is 29.9 Å². The van der Waals surface area contributed by atoms with Gasteiger partial charge in [-0.2, -0.15) is 6.07 Å². The van der Waals surface area contributed by atoms with Gasteiger partial charge in [-0.3, -0.25) is 4.99 Å². The number of rotatable bonds is 5. The molecule has 2 aliphatic rings. The smallest absolute Gasteiger partial charge is 0.518 e. The molecule has 1 atom stereocenters. The van der Waals surface area contributed by atoms with Crippen LogP contribution in [0.4, 0.5) is 0 Å². The Bertz CT molecular complexity index is 1840. The van der Waals surface area contributed by atoms with E-state index in [1.807, 2.05) is 18.3 Å². The van der Waals surface area contributed by atoms with E-state index in [9.17, 15) is 0 Å². The Morgan fingerprint density at radius 2 is 1.70 bits per heavy atom. The molecule has 7 rings (SSSR count). The first-order valence-electron chi connectivity index (χ1n) is 15.1. The summed E-state index contributed by atoms with van der Waals surface area (Å²) in [6, 6.07) is 26.3. The number of pyridine rings is 1. The molecule has 0 unspecified atom stereocenters. The van der Waals surface area contributed by atoms with Gasteiger partial charge in [0.15, 0.2) is 0 Å². The van der Waals surface area contributed by atoms with E-state index in [1.54, 1.807) is 0 Å². The molecular weight excluding hydrogens is 714 g/mol. The zero-order valence-corrected chi connectivity index (χ0v) is 27.7. The summed E-state index contributed by atoms with van der Waals surface area (Å²) < 4.78 is 14.7. The van der Waals surface area contributed by atoms with Crippen molar-refractivity contribution in [2.24, 2.45) is 10.9 Å². The number of ether oxygens (including phenoxy) is 2. The third kappa shape index (κ3) is 5.77. The van der Waals surface area contributed by atoms with Crippen molar-refractivity contribution in [2.75, 3.05) is 6.61 Å². The van der Waals surface area contributed by atoms with Crippen LogP contribution in [-0.4, -0.2) is 28.1 Å². The molecule has 0 bridgehead atoms. The second-order valence-electron chi connectivity index (χ2n) is 13.0. The molecule has 0 amide bonds. The summed E-state index contributed by atoms with van der Waals surface area (Å²) in [5, 5.41) is 2.29. The predicted octanol–water partition coefficient (Wildman–Crippen LogP) is 8.82. The van der Waals surface area contributed by atoms with Gasteiger partial charge in [0.05, 0.1) is 12.6 Å². The number of nitrogens with zero attached hydrogens (tertiary/aromatic N) is 3. The SMILES string of the molecule is Cc1cc(Oc2[c-]c3c(cc2)c2cc(C)ccc2n3-c2cc(C(C)(C)C)ccn2)[c-]c(C2=N[C@H](C3CCCC3)CO2)c1.[Pt+2]. The second kappa shape index (κ2) is 11.6. The maximum absolute atomic E-state index is 6.43. The van der Waals surface area contributed by atoms with Gasteiger partial charge in [0.1, 0.15) is 11.7 Å². The summed E-state index contributed by atoms with van der Waals surface area (Å²) in [6.07, 6.45) is 7.01. The van der Waals surface area contributed by atoms with E-state index in [2.05, 4.69) is 93.8 Å². The number of fused-ring (bicyclic) bond motifs is 3. The molecule has 1 aliphatic heterocycles. The molecule has 0 N–H and O–H groups in total. The van der Waals surface area contributed by atoms with Crippen molar-refractivity contribution in [3.63, 3.8) is 0 Å². The Kier molecular flexibility index (Phi) is 7.98. The standard InChI is InChI=1S/C37H37N3O2.Pt/c1-23-10-13-33-31(18-23)30-12-11-28(21-34(30)40(33)35-20-27(14-15-38-35)37(3,4)5)42-29-17-24(2)16-26(19-29)36-39-32(22-41-36)25-8-6-7-9-25;/h10-18,20,25,32H,6-9,22H2,1-5H3;/q-2;+2/t32-;/m0./s1. The second-order valence-corrected chi connectivity index (χ2v) is 13.0. The average Bonchev–Trinajstić information content (AvgIpc) is 3.71. The monoisotopic (exact) mass is 750 g/mol. The number of aliphatic imine (C=N–C) groups is 1. The van der Waals surface area contributed by atoms with E-state index < -0.39 is 0 Å². The Hall–Kier alpha value is -3.43. The van der Waals surface area contributed by atoms with Crippen molar-refractivity contribution in [3.05, 3.63) is 95.2 Å². The fourth-order valence-corrected chi connectivity index (χ4v) is 6.43. The zero-order valence-electron chi connectivity index (χ0n) is 25.4. The van der Waals surface area contributed by atoms with E-state index in [4.69, 9.17) is 19.5 Å². The van der Waals surface area contributed by atoms with Crippen molar-refractivity contribution in [1.29, 1.82) is 0 Å². The van der Waals surface area contributed by atoms with Gasteiger partial charge in [-0.1, -0.05) is 81.4 Å². The molecule has 5 aromatic rings. The minimum Gasteiger partial charge on any atom is -0.518 e. The molecule has 0 spiro atoms. The van der Waals surface area contributed by atoms with Crippen LogP contribution in [0.2, 0.25) is 0 Å². The Morgan fingerprint density at radius 3 is 2.49 bits per heavy atom. The predicted molar refractivity (Wildman–Crippen MR) is 169 cm³/mol. The third-order valence-corrected chi connectivity index (χ3v) is 8.70. The maximum atomic E-state index is 6.43. The normalized spacial score (nSPS) is 17.2. The average molecular weight is 751 g/mol. The van der Waals surface area contributed by atoms with E-state index in [-0.39, 0.29) is 32.5 Å². The summed E-state index contributed by atoms with van der Waals surface area (Å²) in [6.45, 7) is 11.5. The van der Waals surface area contributed by atoms with Crippen LogP contribution in [0, 0.1) is 31.9 Å². The van der Waals surface area contributed by atoms with Gasteiger partial charge in [0.2, 0.25) is 0 Å². The number of benzene rings is 3. The first-order chi connectivity index (χ1) is 20.2. The Morgan fingerprint density at radius 1 is 0.884 bits per heavy atom. The largest absolute Gasteiger partial charge is 2.00 e. The third-order valence-electron chi connectivity index (χ3n) is 8.70. The van der Waals surface area contributed by atoms with Crippen molar-refractivity contribution in [2.45, 2.75) is 71.8 Å². The van der Waals surface area contributed by atoms with Gasteiger partial charge < -0.3 is 14.0 Å². The Labute approximate surface area is 268 Å². The number of aromatic nitrogens is 2. The molecule has 0 radical (unpaired) electrons. The first kappa shape index (κ1) is 29.6. The van der Waals surface area contributed by atoms with Crippen LogP contribution in [0.1, 0.15) is 68.7 Å². The Balaban J connectivity index is 0.00000329.